The van der Waals surface area contributed by atoms with Gasteiger partial charge >= 0.3 is 5.97 Å². The molecule has 1 fully saturated rings. The highest BCUT2D eigenvalue weighted by Crippen LogP contribution is 2.25. The number of rotatable bonds is 10. The summed E-state index contributed by atoms with van der Waals surface area (Å²) >= 11 is 0. The average Bonchev–Trinajstić information content (AvgIpc) is 3.50. The molecule has 2 aliphatic heterocycles. The highest BCUT2D eigenvalue weighted by molar-refractivity contribution is 5.68. The van der Waals surface area contributed by atoms with Crippen LogP contribution in [0, 0.1) is 19.8 Å². The van der Waals surface area contributed by atoms with E-state index in [0.29, 0.717) is 12.5 Å². The van der Waals surface area contributed by atoms with Crippen molar-refractivity contribution in [2.45, 2.75) is 46.0 Å². The second-order valence-electron chi connectivity index (χ2n) is 10.5. The summed E-state index contributed by atoms with van der Waals surface area (Å²) in [6.45, 7) is 9.53. The fourth-order valence-electron chi connectivity index (χ4n) is 5.63. The van der Waals surface area contributed by atoms with Gasteiger partial charge in [0.2, 0.25) is 0 Å². The smallest absolute Gasteiger partial charge is 0.305 e. The second-order valence-corrected chi connectivity index (χ2v) is 10.5. The van der Waals surface area contributed by atoms with Crippen molar-refractivity contribution >= 4 is 17.5 Å². The van der Waals surface area contributed by atoms with E-state index in [9.17, 15) is 9.90 Å². The Morgan fingerprint density at radius 2 is 2.11 bits per heavy atom. The summed E-state index contributed by atoms with van der Waals surface area (Å²) in [5.41, 5.74) is 6.61. The van der Waals surface area contributed by atoms with Crippen LogP contribution >= 0.6 is 0 Å². The molecule has 37 heavy (non-hydrogen) atoms. The van der Waals surface area contributed by atoms with Crippen molar-refractivity contribution in [2.75, 3.05) is 49.5 Å². The molecular formula is C29H38N6O2. The molecule has 3 aromatic rings. The van der Waals surface area contributed by atoms with Crippen LogP contribution in [-0.4, -0.2) is 70.0 Å². The van der Waals surface area contributed by atoms with Crippen molar-refractivity contribution < 1.29 is 9.90 Å². The van der Waals surface area contributed by atoms with Gasteiger partial charge in [-0.25, -0.2) is 9.67 Å². The van der Waals surface area contributed by atoms with Gasteiger partial charge in [0, 0.05) is 56.2 Å². The number of carbonyl (C=O) groups is 1. The molecular weight excluding hydrogens is 464 g/mol. The molecule has 0 amide bonds. The lowest BCUT2D eigenvalue weighted by atomic mass is 10.1. The Labute approximate surface area is 219 Å². The average molecular weight is 503 g/mol. The Morgan fingerprint density at radius 3 is 2.92 bits per heavy atom. The van der Waals surface area contributed by atoms with Gasteiger partial charge in [0.15, 0.2) is 0 Å². The van der Waals surface area contributed by atoms with Gasteiger partial charge < -0.3 is 20.2 Å². The van der Waals surface area contributed by atoms with Gasteiger partial charge in [0.25, 0.3) is 0 Å². The lowest BCUT2D eigenvalue weighted by Crippen LogP contribution is -2.33. The lowest BCUT2D eigenvalue weighted by molar-refractivity contribution is -0.136. The maximum absolute atomic E-state index is 11.4. The number of likely N-dealkylation sites (tertiary alicyclic amines) is 1. The molecule has 1 atom stereocenters. The van der Waals surface area contributed by atoms with E-state index in [1.165, 1.54) is 12.0 Å². The number of carboxylic acids is 1. The van der Waals surface area contributed by atoms with Crippen molar-refractivity contribution in [2.24, 2.45) is 5.92 Å². The highest BCUT2D eigenvalue weighted by atomic mass is 16.4. The van der Waals surface area contributed by atoms with Crippen LogP contribution in [0.5, 0.6) is 0 Å². The predicted molar refractivity (Wildman–Crippen MR) is 147 cm³/mol. The van der Waals surface area contributed by atoms with Crippen LogP contribution < -0.4 is 10.2 Å². The molecule has 2 aliphatic rings. The van der Waals surface area contributed by atoms with Gasteiger partial charge in [-0.15, -0.1) is 0 Å². The van der Waals surface area contributed by atoms with Gasteiger partial charge in [0.05, 0.1) is 17.8 Å². The molecule has 0 bridgehead atoms. The Hall–Kier alpha value is -3.39. The topological polar surface area (TPSA) is 86.5 Å². The molecule has 0 spiro atoms. The first-order valence-electron chi connectivity index (χ1n) is 13.5. The molecule has 1 saturated heterocycles. The first-order valence-corrected chi connectivity index (χ1v) is 13.5. The van der Waals surface area contributed by atoms with Crippen LogP contribution in [0.3, 0.4) is 0 Å². The van der Waals surface area contributed by atoms with Crippen LogP contribution in [-0.2, 0) is 17.6 Å². The third-order valence-corrected chi connectivity index (χ3v) is 7.53. The van der Waals surface area contributed by atoms with E-state index in [2.05, 4.69) is 63.5 Å². The van der Waals surface area contributed by atoms with Crippen molar-refractivity contribution in [3.63, 3.8) is 0 Å². The Bertz CT molecular complexity index is 1240. The van der Waals surface area contributed by atoms with Gasteiger partial charge in [-0.3, -0.25) is 4.79 Å². The van der Waals surface area contributed by atoms with E-state index in [1.807, 2.05) is 17.7 Å². The van der Waals surface area contributed by atoms with Crippen molar-refractivity contribution in [1.29, 1.82) is 0 Å². The summed E-state index contributed by atoms with van der Waals surface area (Å²) < 4.78 is 1.95. The molecule has 8 nitrogen and oxygen atoms in total. The van der Waals surface area contributed by atoms with Crippen LogP contribution in [0.4, 0.5) is 11.5 Å². The maximum atomic E-state index is 11.4. The van der Waals surface area contributed by atoms with Crippen LogP contribution in [0.2, 0.25) is 0 Å². The molecule has 4 heterocycles. The Kier molecular flexibility index (Phi) is 7.74. The minimum atomic E-state index is -0.764. The monoisotopic (exact) mass is 502 g/mol. The van der Waals surface area contributed by atoms with Gasteiger partial charge in [0.1, 0.15) is 5.82 Å². The number of nitrogens with zero attached hydrogens (tertiary/aromatic N) is 5. The third-order valence-electron chi connectivity index (χ3n) is 7.53. The number of aliphatic carboxylic acids is 1. The third kappa shape index (κ3) is 6.31. The summed E-state index contributed by atoms with van der Waals surface area (Å²) in [4.78, 5) is 21.0. The number of hydrogen-bond donors (Lipinski definition) is 2. The number of nitrogens with one attached hydrogen (secondary N) is 1. The Morgan fingerprint density at radius 1 is 1.22 bits per heavy atom. The maximum Gasteiger partial charge on any atom is 0.305 e. The normalized spacial score (nSPS) is 17.4. The molecule has 0 aliphatic carbocycles. The fourth-order valence-corrected chi connectivity index (χ4v) is 5.63. The van der Waals surface area contributed by atoms with Crippen molar-refractivity contribution in [3.05, 3.63) is 65.1 Å². The molecule has 0 saturated carbocycles. The van der Waals surface area contributed by atoms with E-state index >= 15 is 0 Å². The van der Waals surface area contributed by atoms with E-state index in [-0.39, 0.29) is 6.42 Å². The summed E-state index contributed by atoms with van der Waals surface area (Å²) in [6.07, 6.45) is 4.50. The number of fused-ring (bicyclic) bond motifs is 1. The second kappa shape index (κ2) is 11.3. The zero-order chi connectivity index (χ0) is 25.8. The van der Waals surface area contributed by atoms with Crippen LogP contribution in [0.1, 0.15) is 41.9 Å². The predicted octanol–water partition coefficient (Wildman–Crippen LogP) is 4.09. The number of aromatic nitrogens is 3. The minimum Gasteiger partial charge on any atom is -0.481 e. The minimum absolute atomic E-state index is 0.124. The molecule has 1 aromatic carbocycles. The molecule has 8 heteroatoms. The molecule has 2 aromatic heterocycles. The number of anilines is 2. The highest BCUT2D eigenvalue weighted by Gasteiger charge is 2.25. The molecule has 5 rings (SSSR count). The molecule has 2 N–H and O–H groups in total. The first-order chi connectivity index (χ1) is 17.9. The fraction of sp³-hybridized carbons (Fsp3) is 0.483. The quantitative estimate of drug-likeness (QED) is 0.432. The van der Waals surface area contributed by atoms with Gasteiger partial charge in [-0.1, -0.05) is 12.1 Å². The Balaban J connectivity index is 1.22. The van der Waals surface area contributed by atoms with E-state index < -0.39 is 5.97 Å². The standard InChI is InChI=1S/C29H38N6O2/c1-21-17-22(2)35(32-21)27-7-3-6-26(18-27)34(16-12-28(36)37)20-23-10-14-33(19-23)15-11-25-9-8-24-5-4-13-30-29(24)31-25/h3,6-9,17-18,23H,4-5,10-16,19-20H2,1-2H3,(H,30,31)(H,36,37). The number of pyridine rings is 1. The summed E-state index contributed by atoms with van der Waals surface area (Å²) in [5, 5.41) is 17.4. The largest absolute Gasteiger partial charge is 0.481 e. The van der Waals surface area contributed by atoms with E-state index in [4.69, 9.17) is 4.98 Å². The summed E-state index contributed by atoms with van der Waals surface area (Å²) in [6, 6.07) is 14.8. The molecule has 0 radical (unpaired) electrons. The van der Waals surface area contributed by atoms with Crippen molar-refractivity contribution in [1.82, 2.24) is 19.7 Å². The van der Waals surface area contributed by atoms with Gasteiger partial charge in [-0.2, -0.15) is 5.10 Å². The summed E-state index contributed by atoms with van der Waals surface area (Å²) in [7, 11) is 0. The SMILES string of the molecule is Cc1cc(C)n(-c2cccc(N(CCC(=O)O)CC3CCN(CCc4ccc5c(n4)NCCC5)C3)c2)n1. The number of aryl methyl sites for hydroxylation is 3. The number of carboxylic acid groups (broad SMARTS) is 1. The number of benzene rings is 1. The van der Waals surface area contributed by atoms with Crippen LogP contribution in [0.25, 0.3) is 5.69 Å². The summed E-state index contributed by atoms with van der Waals surface area (Å²) in [5.74, 6) is 0.809. The van der Waals surface area contributed by atoms with Gasteiger partial charge in [-0.05, 0) is 81.5 Å². The zero-order valence-electron chi connectivity index (χ0n) is 22.0. The van der Waals surface area contributed by atoms with Crippen molar-refractivity contribution in [3.8, 4) is 5.69 Å². The lowest BCUT2D eigenvalue weighted by Gasteiger charge is -2.28. The van der Waals surface area contributed by atoms with Crippen LogP contribution in [0.15, 0.2) is 42.5 Å². The molecule has 1 unspecified atom stereocenters. The van der Waals surface area contributed by atoms with E-state index in [1.54, 1.807) is 0 Å². The zero-order valence-corrected chi connectivity index (χ0v) is 22.0. The number of hydrogen-bond acceptors (Lipinski definition) is 6. The molecule has 196 valence electrons. The van der Waals surface area contributed by atoms with E-state index in [0.717, 1.165) is 86.3 Å². The first kappa shape index (κ1) is 25.3.